The van der Waals surface area contributed by atoms with Crippen molar-refractivity contribution in [1.82, 2.24) is 4.98 Å². The molecule has 1 aromatic heterocycles. The van der Waals surface area contributed by atoms with Crippen molar-refractivity contribution in [3.05, 3.63) is 30.3 Å². The zero-order valence-corrected chi connectivity index (χ0v) is 4.86. The molecule has 1 heterocycles. The van der Waals surface area contributed by atoms with Crippen molar-refractivity contribution in [1.29, 1.82) is 0 Å². The number of hydrogen-bond donors (Lipinski definition) is 0. The van der Waals surface area contributed by atoms with Gasteiger partial charge in [-0.05, 0) is 12.1 Å². The SMILES string of the molecule is Cl.Fc1ccccn1. The summed E-state index contributed by atoms with van der Waals surface area (Å²) in [5, 5.41) is 0. The number of hydrogen-bond acceptors (Lipinski definition) is 1. The van der Waals surface area contributed by atoms with Crippen LogP contribution in [0.25, 0.3) is 0 Å². The summed E-state index contributed by atoms with van der Waals surface area (Å²) in [6.07, 6.45) is 1.41. The molecule has 8 heavy (non-hydrogen) atoms. The minimum atomic E-state index is -0.428. The first kappa shape index (κ1) is 7.37. The predicted molar refractivity (Wildman–Crippen MR) is 31.4 cm³/mol. The van der Waals surface area contributed by atoms with Crippen LogP contribution in [-0.2, 0) is 0 Å². The predicted octanol–water partition coefficient (Wildman–Crippen LogP) is 1.64. The molecule has 0 aliphatic heterocycles. The summed E-state index contributed by atoms with van der Waals surface area (Å²) in [6, 6.07) is 4.57. The zero-order valence-electron chi connectivity index (χ0n) is 4.04. The Morgan fingerprint density at radius 2 is 2.12 bits per heavy atom. The lowest BCUT2D eigenvalue weighted by molar-refractivity contribution is 0.584. The molecule has 0 atom stereocenters. The van der Waals surface area contributed by atoms with E-state index in [0.717, 1.165) is 0 Å². The van der Waals surface area contributed by atoms with Gasteiger partial charge in [0.05, 0.1) is 0 Å². The maximum atomic E-state index is 11.8. The smallest absolute Gasteiger partial charge is 0.212 e. The largest absolute Gasteiger partial charge is 0.228 e. The fourth-order valence-electron chi connectivity index (χ4n) is 0.342. The molecule has 0 amide bonds. The van der Waals surface area contributed by atoms with Gasteiger partial charge in [-0.3, -0.25) is 0 Å². The molecule has 0 aliphatic carbocycles. The van der Waals surface area contributed by atoms with Crippen LogP contribution in [0.1, 0.15) is 0 Å². The van der Waals surface area contributed by atoms with Crippen LogP contribution >= 0.6 is 12.4 Å². The van der Waals surface area contributed by atoms with Crippen LogP contribution < -0.4 is 0 Å². The molecule has 0 saturated heterocycles. The lowest BCUT2D eigenvalue weighted by atomic mass is 10.5. The molecule has 0 N–H and O–H groups in total. The summed E-state index contributed by atoms with van der Waals surface area (Å²) < 4.78 is 11.8. The summed E-state index contributed by atoms with van der Waals surface area (Å²) in [7, 11) is 0. The Balaban J connectivity index is 0.000000490. The second kappa shape index (κ2) is 3.38. The molecule has 1 nitrogen and oxygen atoms in total. The highest BCUT2D eigenvalue weighted by atomic mass is 35.5. The highest BCUT2D eigenvalue weighted by Gasteiger charge is 1.78. The molecule has 1 rings (SSSR count). The van der Waals surface area contributed by atoms with Crippen molar-refractivity contribution in [2.24, 2.45) is 0 Å². The molecule has 1 aromatic rings. The zero-order chi connectivity index (χ0) is 5.11. The maximum Gasteiger partial charge on any atom is 0.212 e. The third-order valence-corrected chi connectivity index (χ3v) is 0.629. The van der Waals surface area contributed by atoms with Crippen molar-refractivity contribution in [3.8, 4) is 0 Å². The second-order valence-electron chi connectivity index (χ2n) is 1.15. The molecule has 0 aliphatic rings. The molecular weight excluding hydrogens is 129 g/mol. The number of nitrogens with zero attached hydrogens (tertiary/aromatic N) is 1. The molecule has 3 heteroatoms. The van der Waals surface area contributed by atoms with Gasteiger partial charge in [-0.1, -0.05) is 6.07 Å². The normalized spacial score (nSPS) is 7.62. The molecule has 0 aromatic carbocycles. The van der Waals surface area contributed by atoms with E-state index in [2.05, 4.69) is 4.98 Å². The number of aromatic nitrogens is 1. The average molecular weight is 134 g/mol. The third kappa shape index (κ3) is 1.89. The first-order valence-electron chi connectivity index (χ1n) is 1.96. The number of halogens is 2. The molecule has 0 fully saturated rings. The highest BCUT2D eigenvalue weighted by Crippen LogP contribution is 1.85. The van der Waals surface area contributed by atoms with Crippen LogP contribution in [0.4, 0.5) is 4.39 Å². The van der Waals surface area contributed by atoms with E-state index >= 15 is 0 Å². The number of pyridine rings is 1. The Labute approximate surface area is 53.0 Å². The molecule has 0 saturated carbocycles. The van der Waals surface area contributed by atoms with E-state index in [4.69, 9.17) is 0 Å². The van der Waals surface area contributed by atoms with Crippen LogP contribution in [-0.4, -0.2) is 4.98 Å². The fourth-order valence-corrected chi connectivity index (χ4v) is 0.342. The highest BCUT2D eigenvalue weighted by molar-refractivity contribution is 5.85. The van der Waals surface area contributed by atoms with Crippen LogP contribution in [0.3, 0.4) is 0 Å². The minimum Gasteiger partial charge on any atom is -0.228 e. The van der Waals surface area contributed by atoms with Gasteiger partial charge in [-0.2, -0.15) is 4.39 Å². The van der Waals surface area contributed by atoms with E-state index in [1.807, 2.05) is 0 Å². The summed E-state index contributed by atoms with van der Waals surface area (Å²) in [6.45, 7) is 0. The van der Waals surface area contributed by atoms with Crippen molar-refractivity contribution >= 4 is 12.4 Å². The van der Waals surface area contributed by atoms with Crippen LogP contribution in [0.5, 0.6) is 0 Å². The lowest BCUT2D eigenvalue weighted by Gasteiger charge is -1.78. The molecule has 0 bridgehead atoms. The van der Waals surface area contributed by atoms with Gasteiger partial charge in [0.25, 0.3) is 0 Å². The van der Waals surface area contributed by atoms with Gasteiger partial charge in [-0.25, -0.2) is 4.98 Å². The summed E-state index contributed by atoms with van der Waals surface area (Å²) in [5.74, 6) is -0.428. The van der Waals surface area contributed by atoms with E-state index in [1.165, 1.54) is 12.3 Å². The van der Waals surface area contributed by atoms with E-state index in [1.54, 1.807) is 12.1 Å². The quantitative estimate of drug-likeness (QED) is 0.491. The van der Waals surface area contributed by atoms with Crippen molar-refractivity contribution in [3.63, 3.8) is 0 Å². The van der Waals surface area contributed by atoms with Crippen LogP contribution in [0.2, 0.25) is 0 Å². The Kier molecular flexibility index (Phi) is 3.12. The lowest BCUT2D eigenvalue weighted by Crippen LogP contribution is -1.73. The van der Waals surface area contributed by atoms with Crippen molar-refractivity contribution in [2.75, 3.05) is 0 Å². The molecule has 44 valence electrons. The summed E-state index contributed by atoms with van der Waals surface area (Å²) in [4.78, 5) is 3.31. The van der Waals surface area contributed by atoms with Crippen molar-refractivity contribution < 1.29 is 4.39 Å². The Morgan fingerprint density at radius 3 is 2.38 bits per heavy atom. The van der Waals surface area contributed by atoms with Gasteiger partial charge >= 0.3 is 0 Å². The average Bonchev–Trinajstić information content (AvgIpc) is 1.69. The van der Waals surface area contributed by atoms with Crippen LogP contribution in [0, 0.1) is 5.95 Å². The standard InChI is InChI=1S/C5H4FN.ClH/c6-5-3-1-2-4-7-5;/h1-4H;1H. The monoisotopic (exact) mass is 133 g/mol. The Hall–Kier alpha value is -0.630. The van der Waals surface area contributed by atoms with E-state index < -0.39 is 5.95 Å². The first-order chi connectivity index (χ1) is 3.39. The maximum absolute atomic E-state index is 11.8. The van der Waals surface area contributed by atoms with Gasteiger partial charge in [0, 0.05) is 6.20 Å². The van der Waals surface area contributed by atoms with Gasteiger partial charge < -0.3 is 0 Å². The van der Waals surface area contributed by atoms with E-state index in [9.17, 15) is 4.39 Å². The summed E-state index contributed by atoms with van der Waals surface area (Å²) >= 11 is 0. The first-order valence-corrected chi connectivity index (χ1v) is 1.96. The Bertz CT molecular complexity index is 142. The fraction of sp³-hybridized carbons (Fsp3) is 0. The number of rotatable bonds is 0. The van der Waals surface area contributed by atoms with Gasteiger partial charge in [-0.15, -0.1) is 12.4 Å². The molecule has 0 radical (unpaired) electrons. The molecular formula is C5H5ClFN. The van der Waals surface area contributed by atoms with Gasteiger partial charge in [0.1, 0.15) is 0 Å². The van der Waals surface area contributed by atoms with Gasteiger partial charge in [0.15, 0.2) is 0 Å². The topological polar surface area (TPSA) is 12.9 Å². The minimum absolute atomic E-state index is 0. The molecule has 0 spiro atoms. The third-order valence-electron chi connectivity index (χ3n) is 0.629. The van der Waals surface area contributed by atoms with Gasteiger partial charge in [0.2, 0.25) is 5.95 Å². The van der Waals surface area contributed by atoms with E-state index in [0.29, 0.717) is 0 Å². The summed E-state index contributed by atoms with van der Waals surface area (Å²) in [5.41, 5.74) is 0. The Morgan fingerprint density at radius 1 is 1.38 bits per heavy atom. The van der Waals surface area contributed by atoms with E-state index in [-0.39, 0.29) is 12.4 Å². The second-order valence-corrected chi connectivity index (χ2v) is 1.15. The van der Waals surface area contributed by atoms with Crippen LogP contribution in [0.15, 0.2) is 24.4 Å². The van der Waals surface area contributed by atoms with Crippen molar-refractivity contribution in [2.45, 2.75) is 0 Å². The molecule has 0 unspecified atom stereocenters.